The summed E-state index contributed by atoms with van der Waals surface area (Å²) in [6.45, 7) is 6.08. The van der Waals surface area contributed by atoms with Crippen molar-refractivity contribution >= 4 is 15.9 Å². The van der Waals surface area contributed by atoms with Crippen molar-refractivity contribution in [2.24, 2.45) is 0 Å². The van der Waals surface area contributed by atoms with Crippen LogP contribution >= 0.6 is 15.9 Å². The maximum absolute atomic E-state index is 8.29. The number of nitrogens with zero attached hydrogens (tertiary/aromatic N) is 1. The second-order valence-electron chi connectivity index (χ2n) is 4.43. The number of aliphatic hydroxyl groups excluding tert-OH is 4. The summed E-state index contributed by atoms with van der Waals surface area (Å²) < 4.78 is 9.32. The van der Waals surface area contributed by atoms with Crippen molar-refractivity contribution in [3.63, 3.8) is 0 Å². The minimum Gasteiger partial charge on any atom is 0 e. The second-order valence-corrected chi connectivity index (χ2v) is 5.34. The summed E-state index contributed by atoms with van der Waals surface area (Å²) in [4.78, 5) is 0. The second kappa shape index (κ2) is 183. The van der Waals surface area contributed by atoms with Crippen LogP contribution in [0.1, 0.15) is 25.0 Å². The van der Waals surface area contributed by atoms with Gasteiger partial charge in [-0.15, -0.1) is 0 Å². The molecule has 3 aromatic rings. The van der Waals surface area contributed by atoms with Gasteiger partial charge in [0.25, 0.3) is 0 Å². The molecule has 0 saturated heterocycles. The maximum Gasteiger partial charge on any atom is 0 e. The van der Waals surface area contributed by atoms with Crippen molar-refractivity contribution in [2.45, 2.75) is 20.8 Å². The first kappa shape index (κ1) is 161. The molecular formula is C27H43BrNO5V18-. The third-order valence-electron chi connectivity index (χ3n) is 2.58. The molecular weight excluding hydrogens is 1420 g/mol. The number of hydrogen-bond donors (Lipinski definition) is 4. The molecule has 3 rings (SSSR count). The Kier molecular flexibility index (Phi) is 567. The molecule has 0 aliphatic carbocycles. The standard InChI is InChI=1S/C7H5N.C7H8.C6H5Br.C2H6.4CH4O.CH3.O.18V/c8-6-7-4-2-1-3-5-7;1-7-5-3-2-4-6-7;7-6-4-2-1-3-5-6;5*1-2;;;;;;;;;;;;;;;;;;;;/h1-5H;2-6H,1H3;1-5H;1-2H3;4*2H,1H3;1H3;;;;;;;;;;;;;;;;;;;/q;;;;;;;;-1;;;;;;;;;;;;;;;;;;;. The van der Waals surface area contributed by atoms with E-state index >= 15 is 0 Å². The molecule has 0 unspecified atom stereocenters. The molecule has 52 heavy (non-hydrogen) atoms. The molecule has 0 aliphatic heterocycles. The number of aryl methyl sites for hydroxylation is 1. The van der Waals surface area contributed by atoms with Gasteiger partial charge in [-0.05, 0) is 31.2 Å². The quantitative estimate of drug-likeness (QED) is 0.213. The van der Waals surface area contributed by atoms with Crippen LogP contribution in [0.25, 0.3) is 0 Å². The topological polar surface area (TPSA) is 122 Å². The van der Waals surface area contributed by atoms with Gasteiger partial charge in [0.05, 0.1) is 11.6 Å². The Morgan fingerprint density at radius 2 is 0.615 bits per heavy atom. The van der Waals surface area contributed by atoms with Gasteiger partial charge in [-0.3, -0.25) is 0 Å². The van der Waals surface area contributed by atoms with E-state index in [9.17, 15) is 0 Å². The van der Waals surface area contributed by atoms with Gasteiger partial charge < -0.3 is 27.9 Å². The molecule has 0 aliphatic rings. The molecule has 25 heteroatoms. The summed E-state index contributed by atoms with van der Waals surface area (Å²) in [5.41, 5.74) is 2.04. The van der Waals surface area contributed by atoms with Crippen molar-refractivity contribution < 1.29 is 357 Å². The van der Waals surface area contributed by atoms with Gasteiger partial charge in [-0.2, -0.15) is 5.26 Å². The van der Waals surface area contributed by atoms with Crippen LogP contribution in [0.15, 0.2) is 95.5 Å². The van der Waals surface area contributed by atoms with Crippen molar-refractivity contribution in [2.75, 3.05) is 28.4 Å². The number of hydrogen-bond acceptors (Lipinski definition) is 6. The van der Waals surface area contributed by atoms with Crippen LogP contribution in [0.4, 0.5) is 0 Å². The zero-order valence-electron chi connectivity index (χ0n) is 29.7. The number of halogens is 1. The number of rotatable bonds is 0. The molecule has 0 spiro atoms. The zero-order valence-corrected chi connectivity index (χ0v) is 56.5. The fourth-order valence-electron chi connectivity index (χ4n) is 1.46. The van der Waals surface area contributed by atoms with Crippen LogP contribution in [0, 0.1) is 25.7 Å². The Hall–Kier alpha value is 7.79. The van der Waals surface area contributed by atoms with Crippen LogP contribution in [-0.2, 0) is 336 Å². The number of benzene rings is 3. The molecule has 0 amide bonds. The third kappa shape index (κ3) is 163. The maximum atomic E-state index is 8.29. The molecule has 4 N–H and O–H groups in total. The predicted octanol–water partition coefficient (Wildman–Crippen LogP) is 5.75. The Bertz CT molecular complexity index is 705. The average Bonchev–Trinajstić information content (AvgIpc) is 2.97. The van der Waals surface area contributed by atoms with Gasteiger partial charge in [0, 0.05) is 348 Å². The number of aliphatic hydroxyl groups is 4. The van der Waals surface area contributed by atoms with Gasteiger partial charge in [-0.1, -0.05) is 102 Å². The van der Waals surface area contributed by atoms with Gasteiger partial charge in [0.1, 0.15) is 0 Å². The van der Waals surface area contributed by atoms with Gasteiger partial charge in [0.2, 0.25) is 0 Å². The fourth-order valence-corrected chi connectivity index (χ4v) is 1.77. The van der Waals surface area contributed by atoms with Crippen LogP contribution in [0.3, 0.4) is 0 Å². The summed E-state index contributed by atoms with van der Waals surface area (Å²) in [5.74, 6) is 0. The van der Waals surface area contributed by atoms with E-state index in [1.54, 1.807) is 12.1 Å². The molecule has 0 fully saturated rings. The van der Waals surface area contributed by atoms with Gasteiger partial charge in [0.15, 0.2) is 0 Å². The summed E-state index contributed by atoms with van der Waals surface area (Å²) in [6, 6.07) is 31.4. The molecule has 0 aromatic heterocycles. The van der Waals surface area contributed by atoms with Crippen LogP contribution < -0.4 is 0 Å². The minimum atomic E-state index is 0. The first-order chi connectivity index (χ1) is 16.7. The predicted molar refractivity (Wildman–Crippen MR) is 147 cm³/mol. The molecule has 284 valence electrons. The van der Waals surface area contributed by atoms with E-state index in [0.717, 1.165) is 50.3 Å². The average molecular weight is 1460 g/mol. The van der Waals surface area contributed by atoms with E-state index in [1.165, 1.54) is 5.56 Å². The van der Waals surface area contributed by atoms with Crippen molar-refractivity contribution in [3.8, 4) is 6.07 Å². The van der Waals surface area contributed by atoms with Gasteiger partial charge >= 0.3 is 21.0 Å². The van der Waals surface area contributed by atoms with E-state index in [1.807, 2.05) is 86.6 Å². The molecule has 0 atom stereocenters. The van der Waals surface area contributed by atoms with Crippen LogP contribution in [-0.4, -0.2) is 48.9 Å². The molecule has 0 bridgehead atoms. The van der Waals surface area contributed by atoms with E-state index < -0.39 is 0 Å². The van der Waals surface area contributed by atoms with Crippen molar-refractivity contribution in [1.29, 1.82) is 5.26 Å². The Morgan fingerprint density at radius 1 is 0.442 bits per heavy atom. The third-order valence-corrected chi connectivity index (χ3v) is 3.11. The number of nitriles is 1. The van der Waals surface area contributed by atoms with E-state index in [0.29, 0.717) is 5.56 Å². The zero-order chi connectivity index (χ0) is 28.0. The Labute approximate surface area is 537 Å². The molecule has 3 aromatic carbocycles. The Morgan fingerprint density at radius 3 is 0.712 bits per heavy atom. The summed E-state index contributed by atoms with van der Waals surface area (Å²) in [7, 11) is 4.00. The molecule has 0 saturated carbocycles. The summed E-state index contributed by atoms with van der Waals surface area (Å²) >= 11 is 4.37. The van der Waals surface area contributed by atoms with E-state index in [-0.39, 0.29) is 323 Å². The van der Waals surface area contributed by atoms with Gasteiger partial charge in [-0.25, -0.2) is 0 Å². The summed E-state index contributed by atoms with van der Waals surface area (Å²) in [5, 5.41) is 36.3. The first-order valence-corrected chi connectivity index (χ1v) is 11.2. The van der Waals surface area contributed by atoms with E-state index in [2.05, 4.69) is 35.0 Å². The monoisotopic (exact) mass is 1460 g/mol. The summed E-state index contributed by atoms with van der Waals surface area (Å²) in [6.07, 6.45) is 0. The normalized spacial score (nSPS) is 4.19. The van der Waals surface area contributed by atoms with Crippen molar-refractivity contribution in [3.05, 3.63) is 114 Å². The smallest absolute Gasteiger partial charge is 0 e. The molecule has 0 heterocycles. The largest absolute Gasteiger partial charge is 0 e. The minimum absolute atomic E-state index is 0. The molecule has 6 nitrogen and oxygen atoms in total. The SMILES string of the molecule is Brc1ccccc1.CC.CO.CO.CO.CO.Cc1ccccc1.N#Cc1ccccc1.[CH3-].[O]=[V].[V].[V].[V].[V].[V].[V].[V].[V].[V].[V].[V].[V].[V].[V].[V].[V].[V]. The first-order valence-electron chi connectivity index (χ1n) is 9.87. The van der Waals surface area contributed by atoms with Crippen LogP contribution in [0.5, 0.6) is 0 Å². The fraction of sp³-hybridized carbons (Fsp3) is 0.259. The molecule has 17 radical (unpaired) electrons. The van der Waals surface area contributed by atoms with Crippen molar-refractivity contribution in [1.82, 2.24) is 0 Å². The van der Waals surface area contributed by atoms with E-state index in [4.69, 9.17) is 29.4 Å². The van der Waals surface area contributed by atoms with Crippen LogP contribution in [0.2, 0.25) is 0 Å². The Balaban J connectivity index is -0.00000000780.